The molecule has 1 unspecified atom stereocenters. The summed E-state index contributed by atoms with van der Waals surface area (Å²) in [5.74, 6) is -0.333. The number of hydrogen-bond acceptors (Lipinski definition) is 4. The van der Waals surface area contributed by atoms with Gasteiger partial charge >= 0.3 is 0 Å². The van der Waals surface area contributed by atoms with Crippen LogP contribution in [-0.2, 0) is 10.4 Å². The number of halogens is 1. The summed E-state index contributed by atoms with van der Waals surface area (Å²) < 4.78 is 18.5. The molecule has 1 aromatic heterocycles. The molecule has 2 rings (SSSR count). The lowest BCUT2D eigenvalue weighted by Gasteiger charge is -2.28. The van der Waals surface area contributed by atoms with Gasteiger partial charge in [-0.25, -0.2) is 4.39 Å². The molecule has 0 aliphatic carbocycles. The summed E-state index contributed by atoms with van der Waals surface area (Å²) >= 11 is 1.48. The first kappa shape index (κ1) is 17.4. The normalized spacial score (nSPS) is 14.1. The second kappa shape index (κ2) is 6.68. The van der Waals surface area contributed by atoms with Crippen LogP contribution in [0.3, 0.4) is 0 Å². The SMILES string of the molecule is CC(C)(Oc1ccc(F)cc1)C(=O)NCC(C)(O)c1ccsc1. The molecule has 1 atom stereocenters. The highest BCUT2D eigenvalue weighted by atomic mass is 32.1. The lowest BCUT2D eigenvalue weighted by atomic mass is 9.98. The van der Waals surface area contributed by atoms with Gasteiger partial charge in [0.1, 0.15) is 17.2 Å². The van der Waals surface area contributed by atoms with Crippen molar-refractivity contribution in [3.8, 4) is 5.75 Å². The molecule has 2 aromatic rings. The van der Waals surface area contributed by atoms with Crippen molar-refractivity contribution in [3.63, 3.8) is 0 Å². The third kappa shape index (κ3) is 4.53. The molecule has 0 aliphatic rings. The predicted octanol–water partition coefficient (Wildman–Crippen LogP) is 3.07. The first-order chi connectivity index (χ1) is 10.7. The minimum absolute atomic E-state index is 0.0682. The van der Waals surface area contributed by atoms with Gasteiger partial charge in [-0.2, -0.15) is 11.3 Å². The Balaban J connectivity index is 1.97. The van der Waals surface area contributed by atoms with Gasteiger partial charge in [-0.3, -0.25) is 4.79 Å². The molecule has 0 radical (unpaired) electrons. The Kier molecular flexibility index (Phi) is 5.06. The fourth-order valence-electron chi connectivity index (χ4n) is 1.98. The third-order valence-corrected chi connectivity index (χ3v) is 4.15. The maximum absolute atomic E-state index is 12.9. The van der Waals surface area contributed by atoms with Gasteiger partial charge in [0.05, 0.1) is 6.54 Å². The van der Waals surface area contributed by atoms with E-state index in [0.717, 1.165) is 5.56 Å². The number of benzene rings is 1. The molecule has 0 saturated carbocycles. The fourth-order valence-corrected chi connectivity index (χ4v) is 2.76. The first-order valence-electron chi connectivity index (χ1n) is 7.19. The van der Waals surface area contributed by atoms with Gasteiger partial charge in [0.25, 0.3) is 5.91 Å². The van der Waals surface area contributed by atoms with E-state index in [-0.39, 0.29) is 18.3 Å². The molecule has 0 bridgehead atoms. The molecule has 1 amide bonds. The second-order valence-corrected chi connectivity index (χ2v) is 6.81. The third-order valence-electron chi connectivity index (χ3n) is 3.47. The van der Waals surface area contributed by atoms with Gasteiger partial charge in [-0.05, 0) is 67.4 Å². The van der Waals surface area contributed by atoms with Crippen molar-refractivity contribution >= 4 is 17.2 Å². The van der Waals surface area contributed by atoms with Crippen LogP contribution in [0.1, 0.15) is 26.3 Å². The fraction of sp³-hybridized carbons (Fsp3) is 0.353. The summed E-state index contributed by atoms with van der Waals surface area (Å²) in [7, 11) is 0. The highest BCUT2D eigenvalue weighted by Gasteiger charge is 2.32. The molecule has 0 spiro atoms. The molecule has 0 saturated heterocycles. The highest BCUT2D eigenvalue weighted by molar-refractivity contribution is 7.08. The number of nitrogens with one attached hydrogen (secondary N) is 1. The zero-order valence-electron chi connectivity index (χ0n) is 13.3. The first-order valence-corrected chi connectivity index (χ1v) is 8.13. The summed E-state index contributed by atoms with van der Waals surface area (Å²) in [6.45, 7) is 4.94. The number of hydrogen-bond donors (Lipinski definition) is 2. The Morgan fingerprint density at radius 1 is 1.26 bits per heavy atom. The summed E-state index contributed by atoms with van der Waals surface area (Å²) in [6.07, 6.45) is 0. The van der Waals surface area contributed by atoms with Crippen LogP contribution >= 0.6 is 11.3 Å². The van der Waals surface area contributed by atoms with Crippen molar-refractivity contribution < 1.29 is 19.0 Å². The topological polar surface area (TPSA) is 58.6 Å². The number of amides is 1. The van der Waals surface area contributed by atoms with Crippen LogP contribution in [0.2, 0.25) is 0 Å². The molecular formula is C17H20FNO3S. The number of carbonyl (C=O) groups is 1. The van der Waals surface area contributed by atoms with E-state index in [9.17, 15) is 14.3 Å². The number of ether oxygens (including phenoxy) is 1. The van der Waals surface area contributed by atoms with Gasteiger partial charge in [0, 0.05) is 0 Å². The van der Waals surface area contributed by atoms with Crippen LogP contribution in [0.15, 0.2) is 41.1 Å². The van der Waals surface area contributed by atoms with E-state index < -0.39 is 11.2 Å². The van der Waals surface area contributed by atoms with Crippen molar-refractivity contribution in [1.82, 2.24) is 5.32 Å². The Morgan fingerprint density at radius 2 is 1.91 bits per heavy atom. The predicted molar refractivity (Wildman–Crippen MR) is 88.0 cm³/mol. The maximum atomic E-state index is 12.9. The Morgan fingerprint density at radius 3 is 2.48 bits per heavy atom. The van der Waals surface area contributed by atoms with Gasteiger partial charge in [0.2, 0.25) is 0 Å². The summed E-state index contributed by atoms with van der Waals surface area (Å²) in [4.78, 5) is 12.3. The van der Waals surface area contributed by atoms with E-state index in [4.69, 9.17) is 4.74 Å². The Hall–Kier alpha value is -1.92. The van der Waals surface area contributed by atoms with E-state index >= 15 is 0 Å². The number of aliphatic hydroxyl groups is 1. The number of thiophene rings is 1. The Bertz CT molecular complexity index is 651. The smallest absolute Gasteiger partial charge is 0.263 e. The lowest BCUT2D eigenvalue weighted by Crippen LogP contribution is -2.50. The molecule has 1 heterocycles. The lowest BCUT2D eigenvalue weighted by molar-refractivity contribution is -0.135. The molecule has 6 heteroatoms. The molecule has 0 aliphatic heterocycles. The second-order valence-electron chi connectivity index (χ2n) is 6.03. The number of carbonyl (C=O) groups excluding carboxylic acids is 1. The van der Waals surface area contributed by atoms with E-state index in [0.29, 0.717) is 5.75 Å². The quantitative estimate of drug-likeness (QED) is 0.852. The minimum atomic E-state index is -1.15. The summed E-state index contributed by atoms with van der Waals surface area (Å²) in [6, 6.07) is 7.28. The van der Waals surface area contributed by atoms with Crippen molar-refractivity contribution in [2.24, 2.45) is 0 Å². The molecule has 0 fully saturated rings. The van der Waals surface area contributed by atoms with E-state index in [1.54, 1.807) is 20.8 Å². The molecule has 124 valence electrons. The van der Waals surface area contributed by atoms with Crippen LogP contribution in [-0.4, -0.2) is 23.2 Å². The van der Waals surface area contributed by atoms with Crippen molar-refractivity contribution in [3.05, 3.63) is 52.5 Å². The van der Waals surface area contributed by atoms with Crippen LogP contribution in [0.25, 0.3) is 0 Å². The van der Waals surface area contributed by atoms with E-state index in [1.807, 2.05) is 16.8 Å². The van der Waals surface area contributed by atoms with Crippen LogP contribution in [0.4, 0.5) is 4.39 Å². The zero-order chi connectivity index (χ0) is 17.1. The average molecular weight is 337 g/mol. The maximum Gasteiger partial charge on any atom is 0.263 e. The number of rotatable bonds is 6. The highest BCUT2D eigenvalue weighted by Crippen LogP contribution is 2.23. The van der Waals surface area contributed by atoms with E-state index in [2.05, 4.69) is 5.32 Å². The zero-order valence-corrected chi connectivity index (χ0v) is 14.1. The largest absolute Gasteiger partial charge is 0.478 e. The summed E-state index contributed by atoms with van der Waals surface area (Å²) in [5, 5.41) is 16.8. The van der Waals surface area contributed by atoms with E-state index in [1.165, 1.54) is 35.6 Å². The Labute approximate surface area is 138 Å². The minimum Gasteiger partial charge on any atom is -0.478 e. The average Bonchev–Trinajstić information content (AvgIpc) is 3.02. The molecule has 4 nitrogen and oxygen atoms in total. The van der Waals surface area contributed by atoms with Crippen LogP contribution in [0, 0.1) is 5.82 Å². The standard InChI is InChI=1S/C17H20FNO3S/c1-16(2,22-14-6-4-13(18)5-7-14)15(20)19-11-17(3,21)12-8-9-23-10-12/h4-10,21H,11H2,1-3H3,(H,19,20). The van der Waals surface area contributed by atoms with Crippen molar-refractivity contribution in [2.75, 3.05) is 6.54 Å². The monoisotopic (exact) mass is 337 g/mol. The van der Waals surface area contributed by atoms with Crippen LogP contribution in [0.5, 0.6) is 5.75 Å². The summed E-state index contributed by atoms with van der Waals surface area (Å²) in [5.41, 5.74) is -1.55. The van der Waals surface area contributed by atoms with Gasteiger partial charge < -0.3 is 15.2 Å². The van der Waals surface area contributed by atoms with Gasteiger partial charge in [-0.1, -0.05) is 0 Å². The van der Waals surface area contributed by atoms with Gasteiger partial charge in [-0.15, -0.1) is 0 Å². The molecular weight excluding hydrogens is 317 g/mol. The molecule has 1 aromatic carbocycles. The molecule has 2 N–H and O–H groups in total. The molecule has 23 heavy (non-hydrogen) atoms. The van der Waals surface area contributed by atoms with Crippen molar-refractivity contribution in [1.29, 1.82) is 0 Å². The van der Waals surface area contributed by atoms with Crippen molar-refractivity contribution in [2.45, 2.75) is 32.0 Å². The van der Waals surface area contributed by atoms with Gasteiger partial charge in [0.15, 0.2) is 5.60 Å². The van der Waals surface area contributed by atoms with Crippen LogP contribution < -0.4 is 10.1 Å².